The third-order valence-electron chi connectivity index (χ3n) is 4.71. The van der Waals surface area contributed by atoms with Crippen molar-refractivity contribution in [2.24, 2.45) is 0 Å². The fourth-order valence-electron chi connectivity index (χ4n) is 3.29. The van der Waals surface area contributed by atoms with Gasteiger partial charge in [-0.3, -0.25) is 9.59 Å². The highest BCUT2D eigenvalue weighted by atomic mass is 32.1. The Balaban J connectivity index is 1.37. The minimum absolute atomic E-state index is 0.102. The van der Waals surface area contributed by atoms with E-state index in [-0.39, 0.29) is 18.4 Å². The highest BCUT2D eigenvalue weighted by Gasteiger charge is 2.23. The molecule has 1 aliphatic rings. The first kappa shape index (κ1) is 18.4. The fraction of sp³-hybridized carbons (Fsp3) is 0.300. The average Bonchev–Trinajstić information content (AvgIpc) is 3.48. The highest BCUT2D eigenvalue weighted by Crippen LogP contribution is 2.34. The molecule has 0 aliphatic heterocycles. The summed E-state index contributed by atoms with van der Waals surface area (Å²) >= 11 is 1.33. The molecule has 1 fully saturated rings. The summed E-state index contributed by atoms with van der Waals surface area (Å²) in [5, 5.41) is 11.3. The largest absolute Gasteiger partial charge is 0.342 e. The number of carbonyl (C=O) groups excluding carboxylic acids is 2. The Kier molecular flexibility index (Phi) is 5.48. The number of nitrogens with one attached hydrogen (secondary N) is 2. The van der Waals surface area contributed by atoms with E-state index in [0.29, 0.717) is 28.2 Å². The number of hydrogen-bond donors (Lipinski definition) is 2. The topological polar surface area (TPSA) is 97.1 Å². The lowest BCUT2D eigenvalue weighted by atomic mass is 10.1. The molecule has 7 nitrogen and oxygen atoms in total. The van der Waals surface area contributed by atoms with Crippen LogP contribution in [-0.2, 0) is 4.79 Å². The van der Waals surface area contributed by atoms with Gasteiger partial charge in [0.2, 0.25) is 17.6 Å². The van der Waals surface area contributed by atoms with Gasteiger partial charge in [-0.15, -0.1) is 11.3 Å². The van der Waals surface area contributed by atoms with Crippen LogP contribution in [0.15, 0.2) is 46.3 Å². The number of hydrogen-bond acceptors (Lipinski definition) is 6. The average molecular weight is 396 g/mol. The highest BCUT2D eigenvalue weighted by molar-refractivity contribution is 7.12. The predicted molar refractivity (Wildman–Crippen MR) is 106 cm³/mol. The van der Waals surface area contributed by atoms with E-state index in [1.54, 1.807) is 24.3 Å². The number of benzene rings is 1. The number of aromatic nitrogens is 2. The standard InChI is InChI=1S/C20H20N4O3S/c25-17(12-21-19(26)16-9-4-10-28-16)22-15-8-3-7-14(11-15)18-23-20(27-24-18)13-5-1-2-6-13/h3-4,7-11,13H,1-2,5-6,12H2,(H,21,26)(H,22,25). The van der Waals surface area contributed by atoms with Gasteiger partial charge in [-0.1, -0.05) is 36.2 Å². The molecule has 28 heavy (non-hydrogen) atoms. The van der Waals surface area contributed by atoms with Gasteiger partial charge >= 0.3 is 0 Å². The van der Waals surface area contributed by atoms with Crippen LogP contribution in [0.25, 0.3) is 11.4 Å². The lowest BCUT2D eigenvalue weighted by Gasteiger charge is -2.07. The molecule has 0 spiro atoms. The second-order valence-corrected chi connectivity index (χ2v) is 7.67. The SMILES string of the molecule is O=C(CNC(=O)c1cccs1)Nc1cccc(-c2noc(C3CCCC3)n2)c1. The minimum Gasteiger partial charge on any atom is -0.342 e. The van der Waals surface area contributed by atoms with Crippen molar-refractivity contribution in [3.63, 3.8) is 0 Å². The number of anilines is 1. The van der Waals surface area contributed by atoms with Gasteiger partial charge in [-0.25, -0.2) is 0 Å². The van der Waals surface area contributed by atoms with E-state index in [4.69, 9.17) is 4.52 Å². The number of thiophene rings is 1. The maximum Gasteiger partial charge on any atom is 0.261 e. The van der Waals surface area contributed by atoms with E-state index in [2.05, 4.69) is 20.8 Å². The van der Waals surface area contributed by atoms with Gasteiger partial charge in [0, 0.05) is 17.2 Å². The van der Waals surface area contributed by atoms with Crippen molar-refractivity contribution in [3.05, 3.63) is 52.5 Å². The van der Waals surface area contributed by atoms with Gasteiger partial charge in [-0.2, -0.15) is 4.98 Å². The Hall–Kier alpha value is -3.00. The van der Waals surface area contributed by atoms with Crippen LogP contribution in [-0.4, -0.2) is 28.5 Å². The first-order valence-corrected chi connectivity index (χ1v) is 10.1. The molecule has 0 atom stereocenters. The van der Waals surface area contributed by atoms with Crippen molar-refractivity contribution in [1.82, 2.24) is 15.5 Å². The first-order valence-electron chi connectivity index (χ1n) is 9.24. The van der Waals surface area contributed by atoms with Crippen LogP contribution in [0.2, 0.25) is 0 Å². The Morgan fingerprint density at radius 1 is 1.18 bits per heavy atom. The Morgan fingerprint density at radius 2 is 2.04 bits per heavy atom. The van der Waals surface area contributed by atoms with E-state index >= 15 is 0 Å². The van der Waals surface area contributed by atoms with E-state index in [9.17, 15) is 9.59 Å². The molecule has 2 heterocycles. The van der Waals surface area contributed by atoms with Crippen molar-refractivity contribution in [2.45, 2.75) is 31.6 Å². The molecular formula is C20H20N4O3S. The number of amides is 2. The van der Waals surface area contributed by atoms with Crippen LogP contribution in [0, 0.1) is 0 Å². The maximum atomic E-state index is 12.1. The van der Waals surface area contributed by atoms with Crippen molar-refractivity contribution in [2.75, 3.05) is 11.9 Å². The Labute approximate surface area is 166 Å². The quantitative estimate of drug-likeness (QED) is 0.660. The van der Waals surface area contributed by atoms with Crippen LogP contribution in [0.1, 0.15) is 47.2 Å². The summed E-state index contributed by atoms with van der Waals surface area (Å²) in [6.07, 6.45) is 4.59. The second kappa shape index (κ2) is 8.35. The molecule has 4 rings (SSSR count). The van der Waals surface area contributed by atoms with E-state index in [0.717, 1.165) is 18.4 Å². The summed E-state index contributed by atoms with van der Waals surface area (Å²) in [5.74, 6) is 1.00. The number of rotatable bonds is 6. The predicted octanol–water partition coefficient (Wildman–Crippen LogP) is 3.82. The molecule has 0 unspecified atom stereocenters. The normalized spacial score (nSPS) is 14.1. The molecule has 1 aliphatic carbocycles. The van der Waals surface area contributed by atoms with Crippen LogP contribution in [0.5, 0.6) is 0 Å². The minimum atomic E-state index is -0.304. The van der Waals surface area contributed by atoms with Gasteiger partial charge in [-0.05, 0) is 36.4 Å². The number of nitrogens with zero attached hydrogens (tertiary/aromatic N) is 2. The van der Waals surface area contributed by atoms with Gasteiger partial charge in [0.25, 0.3) is 5.91 Å². The molecule has 1 saturated carbocycles. The van der Waals surface area contributed by atoms with E-state index < -0.39 is 0 Å². The molecule has 2 aromatic heterocycles. The zero-order valence-corrected chi connectivity index (χ0v) is 16.0. The van der Waals surface area contributed by atoms with Crippen LogP contribution >= 0.6 is 11.3 Å². The monoisotopic (exact) mass is 396 g/mol. The summed E-state index contributed by atoms with van der Waals surface area (Å²) in [4.78, 5) is 29.1. The lowest BCUT2D eigenvalue weighted by molar-refractivity contribution is -0.115. The molecule has 144 valence electrons. The summed E-state index contributed by atoms with van der Waals surface area (Å²) in [6.45, 7) is -0.102. The first-order chi connectivity index (χ1) is 13.7. The molecule has 0 radical (unpaired) electrons. The Bertz CT molecular complexity index is 962. The molecule has 2 N–H and O–H groups in total. The third-order valence-corrected chi connectivity index (χ3v) is 5.57. The van der Waals surface area contributed by atoms with Gasteiger partial charge in [0.1, 0.15) is 0 Å². The summed E-state index contributed by atoms with van der Waals surface area (Å²) in [5.41, 5.74) is 1.38. The fourth-order valence-corrected chi connectivity index (χ4v) is 3.93. The lowest BCUT2D eigenvalue weighted by Crippen LogP contribution is -2.32. The molecule has 0 saturated heterocycles. The van der Waals surface area contributed by atoms with Crippen LogP contribution < -0.4 is 10.6 Å². The zero-order chi connectivity index (χ0) is 19.3. The van der Waals surface area contributed by atoms with Gasteiger partial charge in [0.15, 0.2) is 0 Å². The van der Waals surface area contributed by atoms with Crippen molar-refractivity contribution in [1.29, 1.82) is 0 Å². The summed E-state index contributed by atoms with van der Waals surface area (Å²) in [6, 6.07) is 10.8. The van der Waals surface area contributed by atoms with E-state index in [1.807, 2.05) is 17.5 Å². The van der Waals surface area contributed by atoms with E-state index in [1.165, 1.54) is 24.2 Å². The molecule has 3 aromatic rings. The molecule has 1 aromatic carbocycles. The van der Waals surface area contributed by atoms with Gasteiger partial charge < -0.3 is 15.2 Å². The van der Waals surface area contributed by atoms with Crippen molar-refractivity contribution in [3.8, 4) is 11.4 Å². The third kappa shape index (κ3) is 4.28. The van der Waals surface area contributed by atoms with Crippen molar-refractivity contribution < 1.29 is 14.1 Å². The molecule has 8 heteroatoms. The second-order valence-electron chi connectivity index (χ2n) is 6.73. The molecular weight excluding hydrogens is 376 g/mol. The number of carbonyl (C=O) groups is 2. The molecule has 0 bridgehead atoms. The maximum absolute atomic E-state index is 12.1. The van der Waals surface area contributed by atoms with Crippen molar-refractivity contribution >= 4 is 28.8 Å². The Morgan fingerprint density at radius 3 is 2.82 bits per heavy atom. The summed E-state index contributed by atoms with van der Waals surface area (Å²) in [7, 11) is 0. The molecule has 2 amide bonds. The van der Waals surface area contributed by atoms with Crippen LogP contribution in [0.4, 0.5) is 5.69 Å². The smallest absolute Gasteiger partial charge is 0.261 e. The summed E-state index contributed by atoms with van der Waals surface area (Å²) < 4.78 is 5.43. The van der Waals surface area contributed by atoms with Gasteiger partial charge in [0.05, 0.1) is 11.4 Å². The van der Waals surface area contributed by atoms with Crippen LogP contribution in [0.3, 0.4) is 0 Å². The zero-order valence-electron chi connectivity index (χ0n) is 15.2.